The zero-order chi connectivity index (χ0) is 56.0. The van der Waals surface area contributed by atoms with Gasteiger partial charge >= 0.3 is 12.4 Å². The maximum Gasteiger partial charge on any atom is 0.416 e. The van der Waals surface area contributed by atoms with E-state index in [9.17, 15) is 0 Å². The fourth-order valence-corrected chi connectivity index (χ4v) is 13.3. The maximum absolute atomic E-state index is 15.4. The summed E-state index contributed by atoms with van der Waals surface area (Å²) in [5.74, 6) is 0. The van der Waals surface area contributed by atoms with Crippen molar-refractivity contribution in [2.75, 3.05) is 0 Å². The number of aromatic nitrogens is 4. The number of benzene rings is 11. The van der Waals surface area contributed by atoms with Crippen LogP contribution in [0, 0.1) is 0 Å². The molecule has 0 radical (unpaired) electrons. The van der Waals surface area contributed by atoms with Gasteiger partial charge in [-0.05, 0) is 113 Å². The number of hydrogen-bond acceptors (Lipinski definition) is 0. The van der Waals surface area contributed by atoms with Gasteiger partial charge in [-0.1, -0.05) is 166 Å². The van der Waals surface area contributed by atoms with Crippen LogP contribution in [0.1, 0.15) is 37.5 Å². The van der Waals surface area contributed by atoms with Crippen LogP contribution in [0.25, 0.3) is 132 Å². The van der Waals surface area contributed by atoms with Crippen LogP contribution in [0.15, 0.2) is 237 Å². The van der Waals surface area contributed by atoms with Gasteiger partial charge < -0.3 is 18.3 Å². The number of alkyl halides is 6. The predicted molar refractivity (Wildman–Crippen MR) is 323 cm³/mol. The van der Waals surface area contributed by atoms with Crippen molar-refractivity contribution in [2.45, 2.75) is 38.5 Å². The fourth-order valence-electron chi connectivity index (χ4n) is 13.3. The second-order valence-electron chi connectivity index (χ2n) is 22.2. The Bertz CT molecular complexity index is 4790. The van der Waals surface area contributed by atoms with Gasteiger partial charge in [-0.15, -0.1) is 0 Å². The molecule has 0 saturated carbocycles. The average Bonchev–Trinajstić information content (AvgIpc) is 1.71. The minimum atomic E-state index is -4.73. The lowest BCUT2D eigenvalue weighted by molar-refractivity contribution is -0.138. The molecule has 4 heterocycles. The summed E-state index contributed by atoms with van der Waals surface area (Å²) in [4.78, 5) is 0. The van der Waals surface area contributed by atoms with Gasteiger partial charge in [0.05, 0.1) is 66.6 Å². The van der Waals surface area contributed by atoms with Gasteiger partial charge in [-0.25, -0.2) is 0 Å². The number of fused-ring (bicyclic) bond motifs is 14. The molecule has 0 fully saturated rings. The molecule has 0 amide bonds. The van der Waals surface area contributed by atoms with E-state index in [2.05, 4.69) is 103 Å². The molecular weight excluding hydrogens is 1030 g/mol. The lowest BCUT2D eigenvalue weighted by atomic mass is 9.75. The predicted octanol–water partition coefficient (Wildman–Crippen LogP) is 20.7. The van der Waals surface area contributed by atoms with Crippen LogP contribution in [0.3, 0.4) is 0 Å². The lowest BCUT2D eigenvalue weighted by Crippen LogP contribution is -2.19. The van der Waals surface area contributed by atoms with E-state index in [0.29, 0.717) is 28.1 Å². The number of para-hydroxylation sites is 6. The van der Waals surface area contributed by atoms with Crippen LogP contribution >= 0.6 is 0 Å². The van der Waals surface area contributed by atoms with Crippen molar-refractivity contribution in [1.82, 2.24) is 18.3 Å². The van der Waals surface area contributed by atoms with Crippen LogP contribution in [-0.4, -0.2) is 18.3 Å². The summed E-state index contributed by atoms with van der Waals surface area (Å²) in [5.41, 5.74) is 9.33. The third kappa shape index (κ3) is 7.33. The van der Waals surface area contributed by atoms with Gasteiger partial charge in [0, 0.05) is 65.6 Å². The van der Waals surface area contributed by atoms with E-state index in [1.165, 1.54) is 24.3 Å². The van der Waals surface area contributed by atoms with E-state index < -0.39 is 28.9 Å². The third-order valence-corrected chi connectivity index (χ3v) is 16.4. The number of nitrogens with zero attached hydrogens (tertiary/aromatic N) is 4. The standard InChI is InChI=1S/C72H48F6N4/c1-70(2,3)67-63(43-20-18-22-45(40-43)71(73,74)75)61(81-55-32-14-10-28-49(55)51-36-38-59-65(68(51)81)53-30-12-16-34-57(53)79(59)47-24-6-4-7-25-47)42-62(64(67)44-21-19-23-46(41-44)72(76,77)78)82-56-33-15-11-29-50(56)52-37-39-60-66(69(52)82)54-31-13-17-35-58(54)80(60)48-26-8-5-9-27-48/h4-42H,1-3H3. The monoisotopic (exact) mass is 1080 g/mol. The molecule has 398 valence electrons. The smallest absolute Gasteiger partial charge is 0.309 e. The molecule has 4 aromatic heterocycles. The summed E-state index contributed by atoms with van der Waals surface area (Å²) in [5, 5.41) is 7.45. The summed E-state index contributed by atoms with van der Waals surface area (Å²) in [6.07, 6.45) is -9.46. The van der Waals surface area contributed by atoms with Crippen LogP contribution in [0.4, 0.5) is 26.3 Å². The van der Waals surface area contributed by atoms with Crippen LogP contribution < -0.4 is 0 Å². The number of hydrogen-bond donors (Lipinski definition) is 0. The Balaban J connectivity index is 1.22. The van der Waals surface area contributed by atoms with E-state index >= 15 is 26.3 Å². The minimum Gasteiger partial charge on any atom is -0.309 e. The molecule has 0 aliphatic rings. The van der Waals surface area contributed by atoms with Crippen LogP contribution in [-0.2, 0) is 17.8 Å². The Morgan fingerprint density at radius 1 is 0.293 bits per heavy atom. The topological polar surface area (TPSA) is 19.7 Å². The first-order chi connectivity index (χ1) is 39.6. The number of rotatable bonds is 6. The first kappa shape index (κ1) is 49.3. The highest BCUT2D eigenvalue weighted by Crippen LogP contribution is 2.53. The largest absolute Gasteiger partial charge is 0.416 e. The van der Waals surface area contributed by atoms with E-state index in [1.807, 2.05) is 124 Å². The van der Waals surface area contributed by atoms with Gasteiger partial charge in [-0.2, -0.15) is 26.3 Å². The average molecular weight is 1080 g/mol. The first-order valence-electron chi connectivity index (χ1n) is 27.2. The third-order valence-electron chi connectivity index (χ3n) is 16.4. The Hall–Kier alpha value is -9.80. The lowest BCUT2D eigenvalue weighted by Gasteiger charge is -2.32. The highest BCUT2D eigenvalue weighted by Gasteiger charge is 2.37. The molecule has 0 spiro atoms. The summed E-state index contributed by atoms with van der Waals surface area (Å²) in [6.45, 7) is 6.00. The molecule has 15 aromatic rings. The Kier molecular flexibility index (Phi) is 10.7. The molecule has 0 atom stereocenters. The van der Waals surface area contributed by atoms with Gasteiger partial charge in [0.25, 0.3) is 0 Å². The molecule has 0 N–H and O–H groups in total. The molecule has 0 unspecified atom stereocenters. The number of halogens is 6. The molecule has 0 aliphatic carbocycles. The van der Waals surface area contributed by atoms with Crippen LogP contribution in [0.2, 0.25) is 0 Å². The fraction of sp³-hybridized carbons (Fsp3) is 0.0833. The molecule has 4 nitrogen and oxygen atoms in total. The Morgan fingerprint density at radius 2 is 0.646 bits per heavy atom. The van der Waals surface area contributed by atoms with Gasteiger partial charge in [0.15, 0.2) is 0 Å². The van der Waals surface area contributed by atoms with Crippen molar-refractivity contribution < 1.29 is 26.3 Å². The second kappa shape index (κ2) is 17.9. The highest BCUT2D eigenvalue weighted by atomic mass is 19.4. The molecule has 0 bridgehead atoms. The van der Waals surface area contributed by atoms with E-state index in [1.54, 1.807) is 12.1 Å². The van der Waals surface area contributed by atoms with Crippen molar-refractivity contribution in [1.29, 1.82) is 0 Å². The molecule has 82 heavy (non-hydrogen) atoms. The van der Waals surface area contributed by atoms with Crippen LogP contribution in [0.5, 0.6) is 0 Å². The quantitative estimate of drug-likeness (QED) is 0.148. The van der Waals surface area contributed by atoms with Gasteiger partial charge in [-0.3, -0.25) is 0 Å². The molecule has 10 heteroatoms. The van der Waals surface area contributed by atoms with E-state index in [4.69, 9.17) is 0 Å². The normalized spacial score (nSPS) is 12.7. The summed E-state index contributed by atoms with van der Waals surface area (Å²) >= 11 is 0. The first-order valence-corrected chi connectivity index (χ1v) is 27.2. The minimum absolute atomic E-state index is 0.259. The molecule has 11 aromatic carbocycles. The summed E-state index contributed by atoms with van der Waals surface area (Å²) in [6, 6.07) is 74.4. The van der Waals surface area contributed by atoms with Gasteiger partial charge in [0.1, 0.15) is 0 Å². The SMILES string of the molecule is CC(C)(C)c1c(-c2cccc(C(F)(F)F)c2)c(-n2c3ccccc3c3ccc4c(c5ccccc5n4-c4ccccc4)c32)cc(-n2c3ccccc3c3ccc4c(c5ccccc5n4-c4ccccc4)c32)c1-c1cccc(C(F)(F)F)c1. The van der Waals surface area contributed by atoms with E-state index in [-0.39, 0.29) is 11.1 Å². The highest BCUT2D eigenvalue weighted by molar-refractivity contribution is 6.28. The molecule has 0 aliphatic heterocycles. The summed E-state index contributed by atoms with van der Waals surface area (Å²) < 4.78 is 101. The second-order valence-corrected chi connectivity index (χ2v) is 22.2. The Labute approximate surface area is 466 Å². The van der Waals surface area contributed by atoms with Crippen molar-refractivity contribution in [3.8, 4) is 45.0 Å². The van der Waals surface area contributed by atoms with E-state index in [0.717, 1.165) is 111 Å². The van der Waals surface area contributed by atoms with Crippen molar-refractivity contribution in [3.05, 3.63) is 253 Å². The molecule has 0 saturated heterocycles. The maximum atomic E-state index is 15.4. The van der Waals surface area contributed by atoms with Crippen molar-refractivity contribution in [2.24, 2.45) is 0 Å². The van der Waals surface area contributed by atoms with Crippen molar-refractivity contribution >= 4 is 87.2 Å². The molecular formula is C72H48F6N4. The van der Waals surface area contributed by atoms with Gasteiger partial charge in [0.2, 0.25) is 0 Å². The Morgan fingerprint density at radius 3 is 1.02 bits per heavy atom. The zero-order valence-corrected chi connectivity index (χ0v) is 44.6. The zero-order valence-electron chi connectivity index (χ0n) is 44.6. The van der Waals surface area contributed by atoms with Crippen molar-refractivity contribution in [3.63, 3.8) is 0 Å². The summed E-state index contributed by atoms with van der Waals surface area (Å²) in [7, 11) is 0. The molecule has 15 rings (SSSR count).